The minimum absolute atomic E-state index is 0.254. The standard InChI is InChI=1S/C13H22O3Si/c1-5-6-10-9-11(14)12(15)13(10)16-7-8-17(2,3)4/h5-6,9,12-13,15H,7-8H2,1-4H3/b6-5+/t12-,13-/m0/s1. The molecule has 96 valence electrons. The van der Waals surface area contributed by atoms with Gasteiger partial charge in [-0.15, -0.1) is 0 Å². The fourth-order valence-electron chi connectivity index (χ4n) is 1.68. The highest BCUT2D eigenvalue weighted by Gasteiger charge is 2.34. The SMILES string of the molecule is C/C=C/C1=CC(=O)[C@H](O)[C@H]1OCC[Si](C)(C)C. The minimum atomic E-state index is -1.14. The van der Waals surface area contributed by atoms with Gasteiger partial charge in [0, 0.05) is 14.7 Å². The predicted octanol–water partition coefficient (Wildman–Crippen LogP) is 2.16. The van der Waals surface area contributed by atoms with Crippen LogP contribution in [0.2, 0.25) is 25.7 Å². The summed E-state index contributed by atoms with van der Waals surface area (Å²) in [4.78, 5) is 11.4. The molecule has 0 heterocycles. The maximum Gasteiger partial charge on any atom is 0.187 e. The van der Waals surface area contributed by atoms with Gasteiger partial charge >= 0.3 is 0 Å². The van der Waals surface area contributed by atoms with E-state index >= 15 is 0 Å². The topological polar surface area (TPSA) is 46.5 Å². The van der Waals surface area contributed by atoms with E-state index in [1.165, 1.54) is 6.08 Å². The van der Waals surface area contributed by atoms with Crippen molar-refractivity contribution in [2.45, 2.75) is 44.8 Å². The Kier molecular flexibility index (Phi) is 4.86. The highest BCUT2D eigenvalue weighted by atomic mass is 28.3. The summed E-state index contributed by atoms with van der Waals surface area (Å²) < 4.78 is 5.67. The molecule has 0 aromatic rings. The van der Waals surface area contributed by atoms with Gasteiger partial charge in [0.15, 0.2) is 5.78 Å². The molecule has 1 N–H and O–H groups in total. The summed E-state index contributed by atoms with van der Waals surface area (Å²) in [5.74, 6) is -0.254. The first kappa shape index (κ1) is 14.3. The van der Waals surface area contributed by atoms with Crippen LogP contribution >= 0.6 is 0 Å². The van der Waals surface area contributed by atoms with Gasteiger partial charge in [0.2, 0.25) is 0 Å². The molecule has 0 radical (unpaired) electrons. The molecule has 3 nitrogen and oxygen atoms in total. The molecule has 0 spiro atoms. The Morgan fingerprint density at radius 2 is 2.12 bits per heavy atom. The lowest BCUT2D eigenvalue weighted by molar-refractivity contribution is -0.126. The number of aliphatic hydroxyl groups excluding tert-OH is 1. The Morgan fingerprint density at radius 3 is 2.65 bits per heavy atom. The molecule has 0 unspecified atom stereocenters. The van der Waals surface area contributed by atoms with Crippen molar-refractivity contribution in [2.75, 3.05) is 6.61 Å². The quantitative estimate of drug-likeness (QED) is 0.765. The van der Waals surface area contributed by atoms with Crippen LogP contribution in [-0.4, -0.2) is 37.8 Å². The number of hydrogen-bond donors (Lipinski definition) is 1. The van der Waals surface area contributed by atoms with Gasteiger partial charge in [0.05, 0.1) is 0 Å². The first-order valence-corrected chi connectivity index (χ1v) is 9.73. The number of ether oxygens (including phenoxy) is 1. The summed E-state index contributed by atoms with van der Waals surface area (Å²) in [5, 5.41) is 9.73. The number of allylic oxidation sites excluding steroid dienone is 1. The van der Waals surface area contributed by atoms with Crippen LogP contribution in [0.25, 0.3) is 0 Å². The summed E-state index contributed by atoms with van der Waals surface area (Å²) in [6, 6.07) is 1.04. The van der Waals surface area contributed by atoms with Crippen molar-refractivity contribution in [3.8, 4) is 0 Å². The van der Waals surface area contributed by atoms with E-state index in [4.69, 9.17) is 4.74 Å². The average molecular weight is 254 g/mol. The minimum Gasteiger partial charge on any atom is -0.382 e. The fourth-order valence-corrected chi connectivity index (χ4v) is 2.41. The summed E-state index contributed by atoms with van der Waals surface area (Å²) in [6.45, 7) is 9.31. The van der Waals surface area contributed by atoms with Crippen LogP contribution < -0.4 is 0 Å². The summed E-state index contributed by atoms with van der Waals surface area (Å²) in [6.07, 6.45) is 3.65. The van der Waals surface area contributed by atoms with E-state index in [0.29, 0.717) is 6.61 Å². The van der Waals surface area contributed by atoms with Crippen molar-refractivity contribution in [3.05, 3.63) is 23.8 Å². The smallest absolute Gasteiger partial charge is 0.187 e. The summed E-state index contributed by atoms with van der Waals surface area (Å²) >= 11 is 0. The van der Waals surface area contributed by atoms with Gasteiger partial charge in [0.25, 0.3) is 0 Å². The maximum atomic E-state index is 11.4. The normalized spacial score (nSPS) is 25.7. The van der Waals surface area contributed by atoms with Crippen LogP contribution in [0.5, 0.6) is 0 Å². The fraction of sp³-hybridized carbons (Fsp3) is 0.615. The van der Waals surface area contributed by atoms with Crippen molar-refractivity contribution < 1.29 is 14.6 Å². The predicted molar refractivity (Wildman–Crippen MR) is 71.8 cm³/mol. The molecular formula is C13H22O3Si. The van der Waals surface area contributed by atoms with E-state index in [1.54, 1.807) is 0 Å². The summed E-state index contributed by atoms with van der Waals surface area (Å²) in [7, 11) is -1.14. The molecular weight excluding hydrogens is 232 g/mol. The third-order valence-electron chi connectivity index (χ3n) is 2.72. The molecule has 0 aliphatic heterocycles. The number of aliphatic hydroxyl groups is 1. The van der Waals surface area contributed by atoms with Crippen molar-refractivity contribution in [2.24, 2.45) is 0 Å². The zero-order valence-corrected chi connectivity index (χ0v) is 12.1. The third-order valence-corrected chi connectivity index (χ3v) is 4.43. The molecule has 17 heavy (non-hydrogen) atoms. The molecule has 0 bridgehead atoms. The van der Waals surface area contributed by atoms with Gasteiger partial charge in [-0.25, -0.2) is 0 Å². The number of rotatable bonds is 5. The lowest BCUT2D eigenvalue weighted by atomic mass is 10.1. The van der Waals surface area contributed by atoms with Gasteiger partial charge in [-0.2, -0.15) is 0 Å². The van der Waals surface area contributed by atoms with Gasteiger partial charge in [-0.05, 0) is 24.6 Å². The van der Waals surface area contributed by atoms with Crippen molar-refractivity contribution >= 4 is 13.9 Å². The van der Waals surface area contributed by atoms with E-state index in [-0.39, 0.29) is 5.78 Å². The first-order valence-electron chi connectivity index (χ1n) is 6.03. The molecule has 0 saturated carbocycles. The second kappa shape index (κ2) is 5.75. The van der Waals surface area contributed by atoms with E-state index in [1.807, 2.05) is 19.1 Å². The summed E-state index contributed by atoms with van der Waals surface area (Å²) in [5.41, 5.74) is 0.778. The molecule has 0 aromatic heterocycles. The Balaban J connectivity index is 2.57. The zero-order chi connectivity index (χ0) is 13.1. The van der Waals surface area contributed by atoms with Crippen molar-refractivity contribution in [1.29, 1.82) is 0 Å². The van der Waals surface area contributed by atoms with Gasteiger partial charge < -0.3 is 9.84 Å². The Hall–Kier alpha value is -0.713. The second-order valence-corrected chi connectivity index (χ2v) is 11.2. The third kappa shape index (κ3) is 4.22. The molecule has 4 heteroatoms. The van der Waals surface area contributed by atoms with E-state index in [0.717, 1.165) is 11.6 Å². The monoisotopic (exact) mass is 254 g/mol. The second-order valence-electron chi connectivity index (χ2n) is 5.59. The van der Waals surface area contributed by atoms with E-state index in [2.05, 4.69) is 19.6 Å². The van der Waals surface area contributed by atoms with Crippen LogP contribution in [0, 0.1) is 0 Å². The van der Waals surface area contributed by atoms with Gasteiger partial charge in [-0.3, -0.25) is 4.79 Å². The lowest BCUT2D eigenvalue weighted by Gasteiger charge is -2.21. The average Bonchev–Trinajstić information content (AvgIpc) is 2.44. The molecule has 1 aliphatic carbocycles. The van der Waals surface area contributed by atoms with E-state index < -0.39 is 20.3 Å². The molecule has 0 aromatic carbocycles. The van der Waals surface area contributed by atoms with Gasteiger partial charge in [0.1, 0.15) is 12.2 Å². The number of carbonyl (C=O) groups is 1. The first-order chi connectivity index (χ1) is 7.85. The van der Waals surface area contributed by atoms with Crippen molar-refractivity contribution in [3.63, 3.8) is 0 Å². The Morgan fingerprint density at radius 1 is 1.47 bits per heavy atom. The van der Waals surface area contributed by atoms with Crippen LogP contribution in [0.4, 0.5) is 0 Å². The highest BCUT2D eigenvalue weighted by molar-refractivity contribution is 6.76. The molecule has 1 rings (SSSR count). The van der Waals surface area contributed by atoms with Crippen LogP contribution in [0.1, 0.15) is 6.92 Å². The molecule has 1 aliphatic rings. The van der Waals surface area contributed by atoms with Crippen LogP contribution in [0.15, 0.2) is 23.8 Å². The van der Waals surface area contributed by atoms with Crippen LogP contribution in [-0.2, 0) is 9.53 Å². The van der Waals surface area contributed by atoms with Gasteiger partial charge in [-0.1, -0.05) is 31.8 Å². The largest absolute Gasteiger partial charge is 0.382 e. The molecule has 0 saturated heterocycles. The molecule has 0 fully saturated rings. The highest BCUT2D eigenvalue weighted by Crippen LogP contribution is 2.22. The number of carbonyl (C=O) groups excluding carboxylic acids is 1. The Labute approximate surface area is 104 Å². The zero-order valence-electron chi connectivity index (χ0n) is 11.1. The number of hydrogen-bond acceptors (Lipinski definition) is 3. The Bertz CT molecular complexity index is 339. The van der Waals surface area contributed by atoms with E-state index in [9.17, 15) is 9.90 Å². The van der Waals surface area contributed by atoms with Crippen LogP contribution in [0.3, 0.4) is 0 Å². The van der Waals surface area contributed by atoms with Crippen molar-refractivity contribution in [1.82, 2.24) is 0 Å². The lowest BCUT2D eigenvalue weighted by Crippen LogP contribution is -2.32. The molecule has 0 amide bonds. The maximum absolute atomic E-state index is 11.4. The molecule has 2 atom stereocenters. The number of ketones is 1.